The van der Waals surface area contributed by atoms with Crippen LogP contribution in [0.2, 0.25) is 0 Å². The molecule has 10 heteroatoms. The Hall–Kier alpha value is -2.53. The average Bonchev–Trinajstić information content (AvgIpc) is 3.38. The van der Waals surface area contributed by atoms with Crippen LogP contribution in [0.1, 0.15) is 20.1 Å². The van der Waals surface area contributed by atoms with Gasteiger partial charge in [0.2, 0.25) is 15.8 Å². The number of hydrogen-bond donors (Lipinski definition) is 2. The molecular formula is C17H12N2O5S3. The number of sulfonamides is 1. The summed E-state index contributed by atoms with van der Waals surface area (Å²) < 4.78 is 32.3. The molecule has 0 spiro atoms. The van der Waals surface area contributed by atoms with Crippen molar-refractivity contribution in [3.8, 4) is 0 Å². The lowest BCUT2D eigenvalue weighted by Crippen LogP contribution is -2.22. The molecule has 0 atom stereocenters. The summed E-state index contributed by atoms with van der Waals surface area (Å²) >= 11 is 2.69. The quantitative estimate of drug-likeness (QED) is 0.466. The second kappa shape index (κ2) is 6.89. The number of benzene rings is 1. The number of hydrogen-bond acceptors (Lipinski definition) is 7. The third-order valence-electron chi connectivity index (χ3n) is 3.81. The standard InChI is InChI=1S/C17H12N2O5S3/c20-16(10-5-6-25-9-10)15-4-1-11(26-15)8-18-27(22,23)12-2-3-14-13(7-12)19-17(21)24-14/h1-7,9,18H,8H2,(H,19,21). The summed E-state index contributed by atoms with van der Waals surface area (Å²) in [5.74, 6) is -0.723. The van der Waals surface area contributed by atoms with Crippen molar-refractivity contribution in [1.29, 1.82) is 0 Å². The lowest BCUT2D eigenvalue weighted by atomic mass is 10.2. The molecule has 4 rings (SSSR count). The summed E-state index contributed by atoms with van der Waals surface area (Å²) in [5.41, 5.74) is 1.22. The second-order valence-corrected chi connectivity index (χ2v) is 9.32. The van der Waals surface area contributed by atoms with E-state index in [1.54, 1.807) is 23.6 Å². The van der Waals surface area contributed by atoms with Crippen molar-refractivity contribution in [2.75, 3.05) is 0 Å². The highest BCUT2D eigenvalue weighted by atomic mass is 32.2. The van der Waals surface area contributed by atoms with Crippen molar-refractivity contribution >= 4 is 49.6 Å². The normalized spacial score (nSPS) is 11.9. The number of carbonyl (C=O) groups excluding carboxylic acids is 1. The molecule has 7 nitrogen and oxygen atoms in total. The van der Waals surface area contributed by atoms with Gasteiger partial charge >= 0.3 is 5.76 Å². The number of oxazole rings is 1. The molecule has 0 bridgehead atoms. The van der Waals surface area contributed by atoms with Crippen LogP contribution in [0.25, 0.3) is 11.1 Å². The van der Waals surface area contributed by atoms with Crippen molar-refractivity contribution in [2.45, 2.75) is 11.4 Å². The van der Waals surface area contributed by atoms with Crippen LogP contribution in [0.15, 0.2) is 61.3 Å². The first kappa shape index (κ1) is 17.9. The lowest BCUT2D eigenvalue weighted by Gasteiger charge is -2.05. The molecule has 2 N–H and O–H groups in total. The monoisotopic (exact) mass is 420 g/mol. The molecule has 27 heavy (non-hydrogen) atoms. The first-order chi connectivity index (χ1) is 12.9. The molecule has 0 aliphatic rings. The summed E-state index contributed by atoms with van der Waals surface area (Å²) in [5, 5.41) is 3.61. The van der Waals surface area contributed by atoms with Crippen LogP contribution in [0, 0.1) is 0 Å². The molecule has 4 aromatic rings. The molecule has 138 valence electrons. The molecule has 0 aliphatic heterocycles. The lowest BCUT2D eigenvalue weighted by molar-refractivity contribution is 0.104. The number of rotatable bonds is 6. The van der Waals surface area contributed by atoms with Crippen LogP contribution < -0.4 is 10.5 Å². The van der Waals surface area contributed by atoms with Gasteiger partial charge in [-0.15, -0.1) is 11.3 Å². The zero-order valence-electron chi connectivity index (χ0n) is 13.6. The van der Waals surface area contributed by atoms with Gasteiger partial charge in [-0.3, -0.25) is 9.78 Å². The van der Waals surface area contributed by atoms with E-state index >= 15 is 0 Å². The Morgan fingerprint density at radius 2 is 2.04 bits per heavy atom. The number of thiophene rings is 2. The van der Waals surface area contributed by atoms with Gasteiger partial charge < -0.3 is 4.42 Å². The molecule has 0 saturated heterocycles. The summed E-state index contributed by atoms with van der Waals surface area (Å²) in [6.45, 7) is 0.0594. The number of carbonyl (C=O) groups is 1. The van der Waals surface area contributed by atoms with Gasteiger partial charge in [0.15, 0.2) is 5.58 Å². The van der Waals surface area contributed by atoms with Crippen molar-refractivity contribution in [3.63, 3.8) is 0 Å². The topological polar surface area (TPSA) is 109 Å². The Morgan fingerprint density at radius 3 is 2.81 bits per heavy atom. The minimum absolute atomic E-state index is 0.0122. The molecule has 0 unspecified atom stereocenters. The number of ketones is 1. The van der Waals surface area contributed by atoms with Crippen LogP contribution in [-0.2, 0) is 16.6 Å². The smallest absolute Gasteiger partial charge is 0.408 e. The summed E-state index contributed by atoms with van der Waals surface area (Å²) in [6, 6.07) is 9.29. The molecule has 3 heterocycles. The van der Waals surface area contributed by atoms with E-state index in [1.165, 1.54) is 40.9 Å². The SMILES string of the molecule is O=C(c1ccsc1)c1ccc(CNS(=O)(=O)c2ccc3oc(=O)[nH]c3c2)s1. The van der Waals surface area contributed by atoms with Gasteiger partial charge in [0.05, 0.1) is 15.3 Å². The molecule has 0 fully saturated rings. The highest BCUT2D eigenvalue weighted by molar-refractivity contribution is 7.89. The van der Waals surface area contributed by atoms with E-state index < -0.39 is 15.8 Å². The van der Waals surface area contributed by atoms with E-state index in [4.69, 9.17) is 4.42 Å². The van der Waals surface area contributed by atoms with Gasteiger partial charge in [-0.25, -0.2) is 17.9 Å². The maximum atomic E-state index is 12.5. The van der Waals surface area contributed by atoms with E-state index in [2.05, 4.69) is 9.71 Å². The molecule has 1 aromatic carbocycles. The minimum atomic E-state index is -3.79. The van der Waals surface area contributed by atoms with Crippen LogP contribution in [-0.4, -0.2) is 19.2 Å². The van der Waals surface area contributed by atoms with Crippen LogP contribution in [0.5, 0.6) is 0 Å². The van der Waals surface area contributed by atoms with E-state index in [-0.39, 0.29) is 22.8 Å². The third-order valence-corrected chi connectivity index (χ3v) is 6.97. The summed E-state index contributed by atoms with van der Waals surface area (Å²) in [7, 11) is -3.79. The van der Waals surface area contributed by atoms with Gasteiger partial charge in [0, 0.05) is 22.4 Å². The van der Waals surface area contributed by atoms with Crippen molar-refractivity contribution < 1.29 is 17.6 Å². The Balaban J connectivity index is 1.50. The maximum absolute atomic E-state index is 12.5. The van der Waals surface area contributed by atoms with Gasteiger partial charge in [-0.2, -0.15) is 11.3 Å². The van der Waals surface area contributed by atoms with Gasteiger partial charge in [0.1, 0.15) is 0 Å². The van der Waals surface area contributed by atoms with Crippen molar-refractivity contribution in [3.05, 3.63) is 73.0 Å². The Morgan fingerprint density at radius 1 is 1.19 bits per heavy atom. The maximum Gasteiger partial charge on any atom is 0.417 e. The van der Waals surface area contributed by atoms with E-state index in [1.807, 2.05) is 5.38 Å². The van der Waals surface area contributed by atoms with E-state index in [0.29, 0.717) is 16.0 Å². The number of aromatic nitrogens is 1. The average molecular weight is 420 g/mol. The number of aromatic amines is 1. The summed E-state index contributed by atoms with van der Waals surface area (Å²) in [6.07, 6.45) is 0. The molecule has 0 radical (unpaired) electrons. The van der Waals surface area contributed by atoms with Gasteiger partial charge in [0.25, 0.3) is 0 Å². The Labute approximate surface area is 161 Å². The molecule has 3 aromatic heterocycles. The Kier molecular flexibility index (Phi) is 4.56. The fraction of sp³-hybridized carbons (Fsp3) is 0.0588. The molecular weight excluding hydrogens is 408 g/mol. The molecule has 0 saturated carbocycles. The first-order valence-corrected chi connectivity index (χ1v) is 10.9. The van der Waals surface area contributed by atoms with Crippen LogP contribution >= 0.6 is 22.7 Å². The zero-order chi connectivity index (χ0) is 19.0. The van der Waals surface area contributed by atoms with E-state index in [9.17, 15) is 18.0 Å². The minimum Gasteiger partial charge on any atom is -0.408 e. The van der Waals surface area contributed by atoms with Crippen LogP contribution in [0.3, 0.4) is 0 Å². The summed E-state index contributed by atoms with van der Waals surface area (Å²) in [4.78, 5) is 27.2. The number of H-pyrrole nitrogens is 1. The fourth-order valence-electron chi connectivity index (χ4n) is 2.48. The highest BCUT2D eigenvalue weighted by Gasteiger charge is 2.17. The van der Waals surface area contributed by atoms with Gasteiger partial charge in [-0.1, -0.05) is 0 Å². The zero-order valence-corrected chi connectivity index (χ0v) is 16.0. The van der Waals surface area contributed by atoms with Crippen molar-refractivity contribution in [2.24, 2.45) is 0 Å². The molecule has 0 aliphatic carbocycles. The van der Waals surface area contributed by atoms with Crippen molar-refractivity contribution in [1.82, 2.24) is 9.71 Å². The van der Waals surface area contributed by atoms with Gasteiger partial charge in [-0.05, 0) is 41.8 Å². The number of nitrogens with one attached hydrogen (secondary N) is 2. The Bertz CT molecular complexity index is 1280. The van der Waals surface area contributed by atoms with Crippen LogP contribution in [0.4, 0.5) is 0 Å². The predicted octanol–water partition coefficient (Wildman–Crippen LogP) is 2.95. The molecule has 0 amide bonds. The first-order valence-electron chi connectivity index (χ1n) is 7.70. The largest absolute Gasteiger partial charge is 0.417 e. The number of fused-ring (bicyclic) bond motifs is 1. The third kappa shape index (κ3) is 3.65. The predicted molar refractivity (Wildman–Crippen MR) is 103 cm³/mol. The second-order valence-electron chi connectivity index (χ2n) is 5.60. The van der Waals surface area contributed by atoms with E-state index in [0.717, 1.165) is 4.88 Å². The fourth-order valence-corrected chi connectivity index (χ4v) is 5.15. The highest BCUT2D eigenvalue weighted by Crippen LogP contribution is 2.22.